The number of aliphatic hydroxyl groups excluding tert-OH is 1. The summed E-state index contributed by atoms with van der Waals surface area (Å²) in [6, 6.07) is 12.0. The van der Waals surface area contributed by atoms with Crippen molar-refractivity contribution >= 4 is 28.9 Å². The Labute approximate surface area is 110 Å². The van der Waals surface area contributed by atoms with Crippen molar-refractivity contribution in [1.82, 2.24) is 0 Å². The molecule has 88 valence electrons. The number of hydrogen-bond acceptors (Lipinski definition) is 2. The molecule has 2 aromatic rings. The Bertz CT molecular complexity index is 525. The summed E-state index contributed by atoms with van der Waals surface area (Å²) in [5.41, 5.74) is 7.56. The molecule has 0 aliphatic carbocycles. The monoisotopic (exact) mass is 267 g/mol. The zero-order chi connectivity index (χ0) is 12.4. The van der Waals surface area contributed by atoms with Crippen molar-refractivity contribution in [2.24, 2.45) is 0 Å². The number of benzene rings is 2. The molecule has 1 atom stereocenters. The third-order valence-corrected chi connectivity index (χ3v) is 3.10. The van der Waals surface area contributed by atoms with Gasteiger partial charge in [-0.2, -0.15) is 0 Å². The standard InChI is InChI=1S/C13H11Cl2NO/c14-9-3-1-8(2-4-9)13(17)11-7-10(16)5-6-12(11)15/h1-7,13,17H,16H2. The van der Waals surface area contributed by atoms with Gasteiger partial charge in [0.15, 0.2) is 0 Å². The van der Waals surface area contributed by atoms with Gasteiger partial charge in [0.05, 0.1) is 0 Å². The fourth-order valence-corrected chi connectivity index (χ4v) is 1.94. The predicted octanol–water partition coefficient (Wildman–Crippen LogP) is 3.66. The van der Waals surface area contributed by atoms with Crippen molar-refractivity contribution in [3.63, 3.8) is 0 Å². The Balaban J connectivity index is 2.39. The minimum Gasteiger partial charge on any atom is -0.399 e. The van der Waals surface area contributed by atoms with E-state index >= 15 is 0 Å². The smallest absolute Gasteiger partial charge is 0.106 e. The molecule has 17 heavy (non-hydrogen) atoms. The van der Waals surface area contributed by atoms with Gasteiger partial charge in [0.2, 0.25) is 0 Å². The van der Waals surface area contributed by atoms with E-state index < -0.39 is 6.10 Å². The minimum atomic E-state index is -0.803. The Morgan fingerprint density at radius 1 is 1.00 bits per heavy atom. The summed E-state index contributed by atoms with van der Waals surface area (Å²) in [6.07, 6.45) is -0.803. The van der Waals surface area contributed by atoms with Crippen LogP contribution in [0.15, 0.2) is 42.5 Å². The normalized spacial score (nSPS) is 12.4. The second kappa shape index (κ2) is 4.96. The van der Waals surface area contributed by atoms with Gasteiger partial charge in [-0.25, -0.2) is 0 Å². The Morgan fingerprint density at radius 2 is 1.65 bits per heavy atom. The van der Waals surface area contributed by atoms with Crippen LogP contribution in [0, 0.1) is 0 Å². The molecule has 0 saturated carbocycles. The molecule has 0 aliphatic rings. The maximum absolute atomic E-state index is 10.2. The fraction of sp³-hybridized carbons (Fsp3) is 0.0769. The largest absolute Gasteiger partial charge is 0.399 e. The second-order valence-corrected chi connectivity index (χ2v) is 4.58. The summed E-state index contributed by atoms with van der Waals surface area (Å²) in [7, 11) is 0. The molecule has 0 aliphatic heterocycles. The molecule has 2 rings (SSSR count). The van der Waals surface area contributed by atoms with Crippen LogP contribution in [0.5, 0.6) is 0 Å². The van der Waals surface area contributed by atoms with Crippen LogP contribution in [0.25, 0.3) is 0 Å². The van der Waals surface area contributed by atoms with Crippen LogP contribution >= 0.6 is 23.2 Å². The van der Waals surface area contributed by atoms with Gasteiger partial charge < -0.3 is 10.8 Å². The first kappa shape index (κ1) is 12.2. The topological polar surface area (TPSA) is 46.2 Å². The van der Waals surface area contributed by atoms with Crippen LogP contribution in [0.1, 0.15) is 17.2 Å². The quantitative estimate of drug-likeness (QED) is 0.816. The summed E-state index contributed by atoms with van der Waals surface area (Å²) >= 11 is 11.8. The summed E-state index contributed by atoms with van der Waals surface area (Å²) in [5, 5.41) is 11.3. The van der Waals surface area contributed by atoms with E-state index in [1.807, 2.05) is 0 Å². The molecule has 0 radical (unpaired) electrons. The van der Waals surface area contributed by atoms with E-state index in [4.69, 9.17) is 28.9 Å². The number of nitrogen functional groups attached to an aromatic ring is 1. The summed E-state index contributed by atoms with van der Waals surface area (Å²) in [6.45, 7) is 0. The summed E-state index contributed by atoms with van der Waals surface area (Å²) < 4.78 is 0. The van der Waals surface area contributed by atoms with E-state index in [0.29, 0.717) is 21.3 Å². The zero-order valence-corrected chi connectivity index (χ0v) is 10.4. The lowest BCUT2D eigenvalue weighted by atomic mass is 10.0. The van der Waals surface area contributed by atoms with E-state index in [9.17, 15) is 5.11 Å². The summed E-state index contributed by atoms with van der Waals surface area (Å²) in [4.78, 5) is 0. The van der Waals surface area contributed by atoms with Gasteiger partial charge >= 0.3 is 0 Å². The molecule has 0 aromatic heterocycles. The molecule has 0 spiro atoms. The highest BCUT2D eigenvalue weighted by Gasteiger charge is 2.14. The van der Waals surface area contributed by atoms with Crippen molar-refractivity contribution in [3.05, 3.63) is 63.6 Å². The second-order valence-electron chi connectivity index (χ2n) is 3.74. The molecule has 4 heteroatoms. The van der Waals surface area contributed by atoms with Crippen molar-refractivity contribution in [2.75, 3.05) is 5.73 Å². The first-order chi connectivity index (χ1) is 8.08. The van der Waals surface area contributed by atoms with E-state index in [-0.39, 0.29) is 0 Å². The van der Waals surface area contributed by atoms with Crippen LogP contribution in [0.3, 0.4) is 0 Å². The highest BCUT2D eigenvalue weighted by atomic mass is 35.5. The highest BCUT2D eigenvalue weighted by Crippen LogP contribution is 2.30. The zero-order valence-electron chi connectivity index (χ0n) is 8.90. The van der Waals surface area contributed by atoms with E-state index in [0.717, 1.165) is 5.56 Å². The van der Waals surface area contributed by atoms with Crippen LogP contribution in [0.4, 0.5) is 5.69 Å². The van der Waals surface area contributed by atoms with Crippen LogP contribution in [-0.2, 0) is 0 Å². The van der Waals surface area contributed by atoms with Crippen LogP contribution < -0.4 is 5.73 Å². The lowest BCUT2D eigenvalue weighted by Crippen LogP contribution is -2.01. The first-order valence-corrected chi connectivity index (χ1v) is 5.82. The van der Waals surface area contributed by atoms with Gasteiger partial charge in [-0.1, -0.05) is 35.3 Å². The molecule has 1 unspecified atom stereocenters. The lowest BCUT2D eigenvalue weighted by Gasteiger charge is -2.13. The van der Waals surface area contributed by atoms with Gasteiger partial charge in [0.25, 0.3) is 0 Å². The van der Waals surface area contributed by atoms with E-state index in [1.54, 1.807) is 42.5 Å². The fourth-order valence-electron chi connectivity index (χ4n) is 1.60. The number of halogens is 2. The van der Waals surface area contributed by atoms with Crippen molar-refractivity contribution in [3.8, 4) is 0 Å². The number of hydrogen-bond donors (Lipinski definition) is 2. The molecule has 3 N–H and O–H groups in total. The molecule has 0 fully saturated rings. The van der Waals surface area contributed by atoms with Gasteiger partial charge in [0, 0.05) is 21.3 Å². The molecule has 0 saturated heterocycles. The average molecular weight is 268 g/mol. The predicted molar refractivity (Wildman–Crippen MR) is 71.4 cm³/mol. The van der Waals surface area contributed by atoms with Crippen LogP contribution in [-0.4, -0.2) is 5.11 Å². The molecular formula is C13H11Cl2NO. The van der Waals surface area contributed by atoms with E-state index in [2.05, 4.69) is 0 Å². The Kier molecular flexibility index (Phi) is 3.57. The van der Waals surface area contributed by atoms with Crippen LogP contribution in [0.2, 0.25) is 10.0 Å². The highest BCUT2D eigenvalue weighted by molar-refractivity contribution is 6.31. The molecule has 0 heterocycles. The molecule has 2 nitrogen and oxygen atoms in total. The Morgan fingerprint density at radius 3 is 2.29 bits per heavy atom. The van der Waals surface area contributed by atoms with Gasteiger partial charge in [0.1, 0.15) is 6.10 Å². The van der Waals surface area contributed by atoms with Gasteiger partial charge in [-0.3, -0.25) is 0 Å². The van der Waals surface area contributed by atoms with Gasteiger partial charge in [-0.05, 0) is 35.9 Å². The maximum Gasteiger partial charge on any atom is 0.106 e. The third kappa shape index (κ3) is 2.72. The number of nitrogens with two attached hydrogens (primary N) is 1. The lowest BCUT2D eigenvalue weighted by molar-refractivity contribution is 0.220. The summed E-state index contributed by atoms with van der Waals surface area (Å²) in [5.74, 6) is 0. The van der Waals surface area contributed by atoms with Gasteiger partial charge in [-0.15, -0.1) is 0 Å². The van der Waals surface area contributed by atoms with Crippen molar-refractivity contribution in [2.45, 2.75) is 6.10 Å². The number of anilines is 1. The molecule has 0 bridgehead atoms. The SMILES string of the molecule is Nc1ccc(Cl)c(C(O)c2ccc(Cl)cc2)c1. The molecule has 2 aromatic carbocycles. The van der Waals surface area contributed by atoms with Crippen molar-refractivity contribution < 1.29 is 5.11 Å². The number of rotatable bonds is 2. The first-order valence-electron chi connectivity index (χ1n) is 5.06. The maximum atomic E-state index is 10.2. The average Bonchev–Trinajstić information content (AvgIpc) is 2.32. The third-order valence-electron chi connectivity index (χ3n) is 2.50. The minimum absolute atomic E-state index is 0.488. The molecular weight excluding hydrogens is 257 g/mol. The van der Waals surface area contributed by atoms with Crippen molar-refractivity contribution in [1.29, 1.82) is 0 Å². The Hall–Kier alpha value is -1.22. The molecule has 0 amide bonds. The van der Waals surface area contributed by atoms with E-state index in [1.165, 1.54) is 0 Å². The number of aliphatic hydroxyl groups is 1.